The molecule has 1 unspecified atom stereocenters. The molecule has 4 heteroatoms. The summed E-state index contributed by atoms with van der Waals surface area (Å²) in [6.45, 7) is 2.91. The number of methoxy groups -OCH3 is 2. The maximum absolute atomic E-state index is 5.47. The molecule has 1 heterocycles. The number of benzene rings is 2. The first-order valence-electron chi connectivity index (χ1n) is 8.28. The van der Waals surface area contributed by atoms with Crippen LogP contribution in [0.4, 0.5) is 0 Å². The molecule has 4 nitrogen and oxygen atoms in total. The molecule has 1 N–H and O–H groups in total. The van der Waals surface area contributed by atoms with Crippen molar-refractivity contribution in [1.82, 2.24) is 5.32 Å². The third-order valence-electron chi connectivity index (χ3n) is 4.30. The van der Waals surface area contributed by atoms with Crippen molar-refractivity contribution in [3.05, 3.63) is 72.2 Å². The number of furan rings is 1. The van der Waals surface area contributed by atoms with Crippen molar-refractivity contribution in [2.45, 2.75) is 19.5 Å². The number of nitrogens with one attached hydrogen (secondary N) is 1. The maximum Gasteiger partial charge on any atom is 0.126 e. The predicted octanol–water partition coefficient (Wildman–Crippen LogP) is 4.81. The third kappa shape index (κ3) is 4.03. The van der Waals surface area contributed by atoms with Crippen LogP contribution in [-0.2, 0) is 6.54 Å². The van der Waals surface area contributed by atoms with Crippen LogP contribution in [-0.4, -0.2) is 14.2 Å². The Hall–Kier alpha value is -2.72. The zero-order valence-electron chi connectivity index (χ0n) is 14.8. The largest absolute Gasteiger partial charge is 0.497 e. The van der Waals surface area contributed by atoms with Crippen LogP contribution < -0.4 is 14.8 Å². The van der Waals surface area contributed by atoms with E-state index in [1.165, 1.54) is 11.1 Å². The summed E-state index contributed by atoms with van der Waals surface area (Å²) in [5, 5.41) is 3.56. The van der Waals surface area contributed by atoms with E-state index >= 15 is 0 Å². The predicted molar refractivity (Wildman–Crippen MR) is 98.9 cm³/mol. The lowest BCUT2D eigenvalue weighted by atomic mass is 10.0. The van der Waals surface area contributed by atoms with Gasteiger partial charge in [-0.1, -0.05) is 18.2 Å². The SMILES string of the molecule is COc1cccc(C(C)NCc2ccc(OC)c(-c3ccoc3)c2)c1. The number of ether oxygens (including phenoxy) is 2. The van der Waals surface area contributed by atoms with E-state index < -0.39 is 0 Å². The van der Waals surface area contributed by atoms with Gasteiger partial charge >= 0.3 is 0 Å². The number of hydrogen-bond donors (Lipinski definition) is 1. The summed E-state index contributed by atoms with van der Waals surface area (Å²) in [4.78, 5) is 0. The van der Waals surface area contributed by atoms with Gasteiger partial charge in [0.2, 0.25) is 0 Å². The van der Waals surface area contributed by atoms with Gasteiger partial charge in [0.25, 0.3) is 0 Å². The van der Waals surface area contributed by atoms with Crippen molar-refractivity contribution in [3.8, 4) is 22.6 Å². The van der Waals surface area contributed by atoms with Crippen LogP contribution in [0.25, 0.3) is 11.1 Å². The normalized spacial score (nSPS) is 12.0. The molecule has 0 fully saturated rings. The lowest BCUT2D eigenvalue weighted by molar-refractivity contribution is 0.413. The molecule has 0 bridgehead atoms. The minimum atomic E-state index is 0.217. The minimum Gasteiger partial charge on any atom is -0.497 e. The molecule has 0 aliphatic carbocycles. The first-order chi connectivity index (χ1) is 12.2. The van der Waals surface area contributed by atoms with E-state index in [4.69, 9.17) is 13.9 Å². The van der Waals surface area contributed by atoms with Crippen LogP contribution in [0.3, 0.4) is 0 Å². The quantitative estimate of drug-likeness (QED) is 0.671. The van der Waals surface area contributed by atoms with E-state index in [1.54, 1.807) is 26.7 Å². The topological polar surface area (TPSA) is 43.6 Å². The Morgan fingerprint density at radius 1 is 1.04 bits per heavy atom. The summed E-state index contributed by atoms with van der Waals surface area (Å²) in [7, 11) is 3.37. The molecule has 0 spiro atoms. The van der Waals surface area contributed by atoms with Crippen LogP contribution in [0.2, 0.25) is 0 Å². The molecule has 0 saturated carbocycles. The van der Waals surface area contributed by atoms with Crippen LogP contribution in [0.15, 0.2) is 65.5 Å². The fourth-order valence-corrected chi connectivity index (χ4v) is 2.81. The van der Waals surface area contributed by atoms with Gasteiger partial charge in [-0.05, 0) is 48.4 Å². The molecule has 130 valence electrons. The molecule has 0 aliphatic rings. The van der Waals surface area contributed by atoms with Crippen LogP contribution in [0.5, 0.6) is 11.5 Å². The minimum absolute atomic E-state index is 0.217. The van der Waals surface area contributed by atoms with Gasteiger partial charge in [-0.2, -0.15) is 0 Å². The second-order valence-electron chi connectivity index (χ2n) is 5.93. The highest BCUT2D eigenvalue weighted by atomic mass is 16.5. The molecule has 0 saturated heterocycles. The van der Waals surface area contributed by atoms with E-state index in [2.05, 4.69) is 36.5 Å². The van der Waals surface area contributed by atoms with E-state index in [0.29, 0.717) is 0 Å². The third-order valence-corrected chi connectivity index (χ3v) is 4.30. The first kappa shape index (κ1) is 17.1. The number of rotatable bonds is 7. The first-order valence-corrected chi connectivity index (χ1v) is 8.28. The summed E-state index contributed by atoms with van der Waals surface area (Å²) in [6.07, 6.45) is 3.40. The molecule has 2 aromatic carbocycles. The molecule has 1 aromatic heterocycles. The summed E-state index contributed by atoms with van der Waals surface area (Å²) in [5.41, 5.74) is 4.43. The highest BCUT2D eigenvalue weighted by molar-refractivity contribution is 5.70. The van der Waals surface area contributed by atoms with Gasteiger partial charge < -0.3 is 19.2 Å². The monoisotopic (exact) mass is 337 g/mol. The average molecular weight is 337 g/mol. The Morgan fingerprint density at radius 2 is 1.92 bits per heavy atom. The lowest BCUT2D eigenvalue weighted by Gasteiger charge is -2.16. The average Bonchev–Trinajstić information content (AvgIpc) is 3.20. The Bertz CT molecular complexity index is 812. The van der Waals surface area contributed by atoms with Crippen molar-refractivity contribution < 1.29 is 13.9 Å². The van der Waals surface area contributed by atoms with Crippen molar-refractivity contribution in [2.24, 2.45) is 0 Å². The molecule has 1 atom stereocenters. The van der Waals surface area contributed by atoms with Gasteiger partial charge in [-0.3, -0.25) is 0 Å². The van der Waals surface area contributed by atoms with E-state index in [0.717, 1.165) is 29.2 Å². The van der Waals surface area contributed by atoms with Gasteiger partial charge in [-0.25, -0.2) is 0 Å². The number of hydrogen-bond acceptors (Lipinski definition) is 4. The van der Waals surface area contributed by atoms with Crippen molar-refractivity contribution in [3.63, 3.8) is 0 Å². The van der Waals surface area contributed by atoms with Crippen LogP contribution in [0, 0.1) is 0 Å². The smallest absolute Gasteiger partial charge is 0.126 e. The van der Waals surface area contributed by atoms with Gasteiger partial charge in [0.05, 0.1) is 26.7 Å². The molecule has 0 aliphatic heterocycles. The second kappa shape index (κ2) is 7.90. The molecule has 25 heavy (non-hydrogen) atoms. The molecular formula is C21H23NO3. The maximum atomic E-state index is 5.47. The van der Waals surface area contributed by atoms with Gasteiger partial charge in [0.1, 0.15) is 11.5 Å². The Morgan fingerprint density at radius 3 is 2.64 bits per heavy atom. The van der Waals surface area contributed by atoms with E-state index in [1.807, 2.05) is 24.3 Å². The van der Waals surface area contributed by atoms with Gasteiger partial charge in [0.15, 0.2) is 0 Å². The summed E-state index contributed by atoms with van der Waals surface area (Å²) in [5.74, 6) is 1.71. The van der Waals surface area contributed by atoms with Gasteiger partial charge in [0, 0.05) is 23.7 Å². The summed E-state index contributed by atoms with van der Waals surface area (Å²) < 4.78 is 16.0. The van der Waals surface area contributed by atoms with Gasteiger partial charge in [-0.15, -0.1) is 0 Å². The zero-order chi connectivity index (χ0) is 17.6. The van der Waals surface area contributed by atoms with E-state index in [9.17, 15) is 0 Å². The molecule has 0 radical (unpaired) electrons. The van der Waals surface area contributed by atoms with Crippen molar-refractivity contribution >= 4 is 0 Å². The molecule has 0 amide bonds. The summed E-state index contributed by atoms with van der Waals surface area (Å²) in [6, 6.07) is 16.5. The zero-order valence-corrected chi connectivity index (χ0v) is 14.8. The molecule has 3 rings (SSSR count). The van der Waals surface area contributed by atoms with Crippen molar-refractivity contribution in [1.29, 1.82) is 0 Å². The van der Waals surface area contributed by atoms with Crippen LogP contribution in [0.1, 0.15) is 24.1 Å². The Balaban J connectivity index is 1.73. The van der Waals surface area contributed by atoms with Crippen molar-refractivity contribution in [2.75, 3.05) is 14.2 Å². The molecular weight excluding hydrogens is 314 g/mol. The highest BCUT2D eigenvalue weighted by Crippen LogP contribution is 2.31. The van der Waals surface area contributed by atoms with E-state index in [-0.39, 0.29) is 6.04 Å². The lowest BCUT2D eigenvalue weighted by Crippen LogP contribution is -2.18. The molecule has 3 aromatic rings. The Labute approximate surface area is 148 Å². The fourth-order valence-electron chi connectivity index (χ4n) is 2.81. The fraction of sp³-hybridized carbons (Fsp3) is 0.238. The second-order valence-corrected chi connectivity index (χ2v) is 5.93. The summed E-state index contributed by atoms with van der Waals surface area (Å²) >= 11 is 0. The Kier molecular flexibility index (Phi) is 5.41. The highest BCUT2D eigenvalue weighted by Gasteiger charge is 2.10. The van der Waals surface area contributed by atoms with Crippen LogP contribution >= 0.6 is 0 Å². The standard InChI is InChI=1S/C21H23NO3/c1-15(17-5-4-6-19(12-17)23-2)22-13-16-7-8-21(24-3)20(11-16)18-9-10-25-14-18/h4-12,14-15,22H,13H2,1-3H3.